The molecule has 7 heteroatoms. The molecular formula is C14H16N2O5. The second kappa shape index (κ2) is 6.25. The van der Waals surface area contributed by atoms with E-state index in [9.17, 15) is 19.5 Å². The Morgan fingerprint density at radius 3 is 2.76 bits per heavy atom. The smallest absolute Gasteiger partial charge is 0.327 e. The van der Waals surface area contributed by atoms with Gasteiger partial charge in [0, 0.05) is 18.7 Å². The first-order valence-electron chi connectivity index (χ1n) is 6.49. The molecule has 0 saturated heterocycles. The van der Waals surface area contributed by atoms with Crippen molar-refractivity contribution in [3.05, 3.63) is 29.8 Å². The average molecular weight is 292 g/mol. The van der Waals surface area contributed by atoms with Crippen molar-refractivity contribution in [1.82, 2.24) is 5.32 Å². The van der Waals surface area contributed by atoms with Gasteiger partial charge in [-0.3, -0.25) is 9.69 Å². The quantitative estimate of drug-likeness (QED) is 0.799. The highest BCUT2D eigenvalue weighted by molar-refractivity contribution is 6.01. The van der Waals surface area contributed by atoms with Crippen LogP contribution in [0.5, 0.6) is 0 Å². The van der Waals surface area contributed by atoms with Gasteiger partial charge < -0.3 is 15.2 Å². The first kappa shape index (κ1) is 14.8. The van der Waals surface area contributed by atoms with E-state index in [4.69, 9.17) is 0 Å². The largest absolute Gasteiger partial charge is 0.480 e. The number of benzene rings is 1. The summed E-state index contributed by atoms with van der Waals surface area (Å²) in [7, 11) is 1.27. The normalized spacial score (nSPS) is 16.2. The van der Waals surface area contributed by atoms with Gasteiger partial charge in [0.2, 0.25) is 0 Å². The number of amides is 2. The molecule has 0 aliphatic carbocycles. The number of hydrogen-bond donors (Lipinski definition) is 2. The van der Waals surface area contributed by atoms with Gasteiger partial charge >= 0.3 is 18.0 Å². The first-order valence-corrected chi connectivity index (χ1v) is 6.49. The number of carbonyl (C=O) groups excluding carboxylic acids is 2. The van der Waals surface area contributed by atoms with Crippen molar-refractivity contribution in [1.29, 1.82) is 0 Å². The van der Waals surface area contributed by atoms with Crippen LogP contribution in [-0.4, -0.2) is 42.8 Å². The highest BCUT2D eigenvalue weighted by atomic mass is 16.5. The number of carboxylic acids is 1. The molecule has 2 N–H and O–H groups in total. The van der Waals surface area contributed by atoms with Crippen molar-refractivity contribution >= 4 is 23.7 Å². The van der Waals surface area contributed by atoms with Gasteiger partial charge in [0.15, 0.2) is 0 Å². The minimum atomic E-state index is -1.06. The van der Waals surface area contributed by atoms with E-state index in [2.05, 4.69) is 10.1 Å². The van der Waals surface area contributed by atoms with Crippen molar-refractivity contribution in [3.8, 4) is 0 Å². The maximum Gasteiger partial charge on any atom is 0.327 e. The van der Waals surface area contributed by atoms with Crippen LogP contribution in [0.2, 0.25) is 0 Å². The summed E-state index contributed by atoms with van der Waals surface area (Å²) in [4.78, 5) is 35.7. The van der Waals surface area contributed by atoms with E-state index in [0.717, 1.165) is 5.56 Å². The lowest BCUT2D eigenvalue weighted by Crippen LogP contribution is -2.48. The summed E-state index contributed by atoms with van der Waals surface area (Å²) in [6.07, 6.45) is 0.311. The lowest BCUT2D eigenvalue weighted by Gasteiger charge is -2.22. The third-order valence-electron chi connectivity index (χ3n) is 3.31. The van der Waals surface area contributed by atoms with Crippen LogP contribution in [0.3, 0.4) is 0 Å². The second-order valence-electron chi connectivity index (χ2n) is 4.61. The van der Waals surface area contributed by atoms with Gasteiger partial charge in [0.05, 0.1) is 13.5 Å². The van der Waals surface area contributed by atoms with Gasteiger partial charge in [0.25, 0.3) is 0 Å². The number of nitrogens with zero attached hydrogens (tertiary/aromatic N) is 1. The van der Waals surface area contributed by atoms with Crippen molar-refractivity contribution in [2.75, 3.05) is 18.6 Å². The summed E-state index contributed by atoms with van der Waals surface area (Å²) >= 11 is 0. The molecule has 7 nitrogen and oxygen atoms in total. The Hall–Kier alpha value is -2.57. The molecular weight excluding hydrogens is 276 g/mol. The Balaban J connectivity index is 2.09. The fraction of sp³-hybridized carbons (Fsp3) is 0.357. The Morgan fingerprint density at radius 1 is 1.38 bits per heavy atom. The SMILES string of the molecule is COC(=O)CCNC(=O)N1c2ccccc2C[C@H]1C(=O)O. The number of anilines is 1. The summed E-state index contributed by atoms with van der Waals surface area (Å²) in [5.41, 5.74) is 1.40. The molecule has 1 aliphatic heterocycles. The topological polar surface area (TPSA) is 95.9 Å². The van der Waals surface area contributed by atoms with E-state index in [1.54, 1.807) is 24.3 Å². The zero-order valence-electron chi connectivity index (χ0n) is 11.5. The van der Waals surface area contributed by atoms with Crippen LogP contribution in [0.4, 0.5) is 10.5 Å². The number of fused-ring (bicyclic) bond motifs is 1. The molecule has 0 radical (unpaired) electrons. The lowest BCUT2D eigenvalue weighted by molar-refractivity contribution is -0.140. The fourth-order valence-corrected chi connectivity index (χ4v) is 2.29. The molecule has 0 aromatic heterocycles. The fourth-order valence-electron chi connectivity index (χ4n) is 2.29. The molecule has 0 saturated carbocycles. The standard InChI is InChI=1S/C14H16N2O5/c1-21-12(17)6-7-15-14(20)16-10-5-3-2-4-9(10)8-11(16)13(18)19/h2-5,11H,6-8H2,1H3,(H,15,20)(H,18,19)/t11-/m0/s1. The molecule has 1 heterocycles. The van der Waals surface area contributed by atoms with E-state index in [-0.39, 0.29) is 19.4 Å². The molecule has 21 heavy (non-hydrogen) atoms. The average Bonchev–Trinajstić information content (AvgIpc) is 2.86. The minimum absolute atomic E-state index is 0.0372. The van der Waals surface area contributed by atoms with Gasteiger partial charge in [-0.05, 0) is 11.6 Å². The van der Waals surface area contributed by atoms with E-state index in [0.29, 0.717) is 5.69 Å². The molecule has 1 aromatic rings. The Morgan fingerprint density at radius 2 is 2.10 bits per heavy atom. The van der Waals surface area contributed by atoms with Gasteiger partial charge in [-0.1, -0.05) is 18.2 Å². The summed E-state index contributed by atoms with van der Waals surface area (Å²) < 4.78 is 4.48. The number of esters is 1. The highest BCUT2D eigenvalue weighted by Crippen LogP contribution is 2.32. The maximum absolute atomic E-state index is 12.2. The molecule has 0 bridgehead atoms. The molecule has 1 aromatic carbocycles. The number of para-hydroxylation sites is 1. The van der Waals surface area contributed by atoms with E-state index in [1.165, 1.54) is 12.0 Å². The third kappa shape index (κ3) is 3.13. The van der Waals surface area contributed by atoms with Gasteiger partial charge in [-0.15, -0.1) is 0 Å². The number of nitrogens with one attached hydrogen (secondary N) is 1. The van der Waals surface area contributed by atoms with Crippen LogP contribution in [0.1, 0.15) is 12.0 Å². The van der Waals surface area contributed by atoms with Crippen LogP contribution >= 0.6 is 0 Å². The Kier molecular flexibility index (Phi) is 4.42. The van der Waals surface area contributed by atoms with Crippen LogP contribution in [0.25, 0.3) is 0 Å². The number of carboxylic acid groups (broad SMARTS) is 1. The molecule has 2 rings (SSSR count). The Labute approximate surface area is 121 Å². The molecule has 0 fully saturated rings. The zero-order chi connectivity index (χ0) is 15.4. The number of methoxy groups -OCH3 is 1. The van der Waals surface area contributed by atoms with Crippen LogP contribution in [-0.2, 0) is 20.7 Å². The van der Waals surface area contributed by atoms with E-state index < -0.39 is 24.0 Å². The maximum atomic E-state index is 12.2. The summed E-state index contributed by atoms with van der Waals surface area (Å²) in [5.74, 6) is -1.50. The molecule has 0 spiro atoms. The lowest BCUT2D eigenvalue weighted by atomic mass is 10.1. The van der Waals surface area contributed by atoms with Crippen LogP contribution in [0, 0.1) is 0 Å². The number of urea groups is 1. The molecule has 0 unspecified atom stereocenters. The number of aliphatic carboxylic acids is 1. The summed E-state index contributed by atoms with van der Waals surface area (Å²) in [6, 6.07) is 5.59. The van der Waals surface area contributed by atoms with Crippen molar-refractivity contribution in [2.45, 2.75) is 18.9 Å². The van der Waals surface area contributed by atoms with Gasteiger partial charge in [-0.25, -0.2) is 9.59 Å². The van der Waals surface area contributed by atoms with E-state index >= 15 is 0 Å². The second-order valence-corrected chi connectivity index (χ2v) is 4.61. The zero-order valence-corrected chi connectivity index (χ0v) is 11.5. The summed E-state index contributed by atoms with van der Waals surface area (Å²) in [6.45, 7) is 0.0938. The molecule has 1 aliphatic rings. The number of rotatable bonds is 4. The molecule has 112 valence electrons. The van der Waals surface area contributed by atoms with Gasteiger partial charge in [-0.2, -0.15) is 0 Å². The van der Waals surface area contributed by atoms with Crippen molar-refractivity contribution in [3.63, 3.8) is 0 Å². The number of ether oxygens (including phenoxy) is 1. The van der Waals surface area contributed by atoms with Crippen molar-refractivity contribution < 1.29 is 24.2 Å². The first-order chi connectivity index (χ1) is 10.0. The monoisotopic (exact) mass is 292 g/mol. The highest BCUT2D eigenvalue weighted by Gasteiger charge is 2.38. The minimum Gasteiger partial charge on any atom is -0.480 e. The number of carbonyl (C=O) groups is 3. The van der Waals surface area contributed by atoms with Crippen LogP contribution in [0.15, 0.2) is 24.3 Å². The van der Waals surface area contributed by atoms with Crippen LogP contribution < -0.4 is 10.2 Å². The molecule has 1 atom stereocenters. The predicted octanol–water partition coefficient (Wildman–Crippen LogP) is 0.775. The summed E-state index contributed by atoms with van der Waals surface area (Å²) in [5, 5.41) is 11.8. The predicted molar refractivity (Wildman–Crippen MR) is 74.1 cm³/mol. The molecule has 2 amide bonds. The van der Waals surface area contributed by atoms with Gasteiger partial charge in [0.1, 0.15) is 6.04 Å². The van der Waals surface area contributed by atoms with E-state index in [1.807, 2.05) is 0 Å². The number of hydrogen-bond acceptors (Lipinski definition) is 4. The Bertz CT molecular complexity index is 572. The third-order valence-corrected chi connectivity index (χ3v) is 3.31. The van der Waals surface area contributed by atoms with Crippen molar-refractivity contribution in [2.24, 2.45) is 0 Å².